The van der Waals surface area contributed by atoms with Gasteiger partial charge in [-0.05, 0) is 44.1 Å². The Hall–Kier alpha value is -1.23. The minimum absolute atomic E-state index is 0.0513. The van der Waals surface area contributed by atoms with Crippen molar-refractivity contribution in [1.82, 2.24) is 9.88 Å². The molecule has 4 rings (SSSR count). The predicted octanol–water partition coefficient (Wildman–Crippen LogP) is 3.94. The molecule has 3 nitrogen and oxygen atoms in total. The smallest absolute Gasteiger partial charge is 0.123 e. The molecule has 2 fully saturated rings. The molecule has 1 aliphatic carbocycles. The van der Waals surface area contributed by atoms with Crippen LogP contribution in [0, 0.1) is 5.41 Å². The number of aliphatic hydroxyl groups is 1. The predicted molar refractivity (Wildman–Crippen MR) is 94.4 cm³/mol. The van der Waals surface area contributed by atoms with Crippen LogP contribution in [-0.4, -0.2) is 34.2 Å². The van der Waals surface area contributed by atoms with E-state index in [9.17, 15) is 5.11 Å². The minimum atomic E-state index is -0.0513. The molecule has 0 bridgehead atoms. The van der Waals surface area contributed by atoms with Gasteiger partial charge in [-0.1, -0.05) is 30.3 Å². The summed E-state index contributed by atoms with van der Waals surface area (Å²) in [5.41, 5.74) is 1.69. The van der Waals surface area contributed by atoms with Crippen LogP contribution in [-0.2, 0) is 6.54 Å². The van der Waals surface area contributed by atoms with Gasteiger partial charge in [-0.25, -0.2) is 4.98 Å². The van der Waals surface area contributed by atoms with Crippen molar-refractivity contribution in [3.63, 3.8) is 0 Å². The van der Waals surface area contributed by atoms with Gasteiger partial charge >= 0.3 is 0 Å². The van der Waals surface area contributed by atoms with Gasteiger partial charge in [0.05, 0.1) is 6.10 Å². The fourth-order valence-corrected chi connectivity index (χ4v) is 5.06. The van der Waals surface area contributed by atoms with Crippen LogP contribution in [0.4, 0.5) is 0 Å². The van der Waals surface area contributed by atoms with Crippen LogP contribution in [0.1, 0.15) is 37.0 Å². The molecule has 23 heavy (non-hydrogen) atoms. The molecular formula is C19H24N2OS. The molecule has 0 atom stereocenters. The van der Waals surface area contributed by atoms with Crippen LogP contribution in [0.3, 0.4) is 0 Å². The van der Waals surface area contributed by atoms with E-state index in [2.05, 4.69) is 34.1 Å². The summed E-state index contributed by atoms with van der Waals surface area (Å²) in [6.07, 6.45) is 7.67. The molecule has 1 N–H and O–H groups in total. The van der Waals surface area contributed by atoms with E-state index in [0.717, 1.165) is 24.4 Å². The van der Waals surface area contributed by atoms with Gasteiger partial charge in [-0.3, -0.25) is 4.90 Å². The third-order valence-corrected chi connectivity index (χ3v) is 6.52. The molecule has 1 aliphatic heterocycles. The normalized spacial score (nSPS) is 28.5. The number of thiazole rings is 1. The number of likely N-dealkylation sites (tertiary alicyclic amines) is 1. The summed E-state index contributed by atoms with van der Waals surface area (Å²) in [5, 5.41) is 10.9. The van der Waals surface area contributed by atoms with Crippen molar-refractivity contribution in [3.8, 4) is 10.6 Å². The van der Waals surface area contributed by atoms with Crippen molar-refractivity contribution in [2.45, 2.75) is 44.8 Å². The monoisotopic (exact) mass is 328 g/mol. The first-order valence-electron chi connectivity index (χ1n) is 8.63. The summed E-state index contributed by atoms with van der Waals surface area (Å²) < 4.78 is 0. The van der Waals surface area contributed by atoms with Crippen LogP contribution < -0.4 is 0 Å². The molecule has 2 aliphatic rings. The lowest BCUT2D eigenvalue weighted by Crippen LogP contribution is -2.32. The van der Waals surface area contributed by atoms with E-state index in [-0.39, 0.29) is 6.10 Å². The van der Waals surface area contributed by atoms with Gasteiger partial charge < -0.3 is 5.11 Å². The maximum absolute atomic E-state index is 9.74. The Morgan fingerprint density at radius 2 is 1.96 bits per heavy atom. The SMILES string of the molecule is OC1CCC2(CC1)CCN(Cc1cnc(-c3ccccc3)s1)C2. The molecule has 0 amide bonds. The van der Waals surface area contributed by atoms with Gasteiger partial charge in [0.25, 0.3) is 0 Å². The van der Waals surface area contributed by atoms with E-state index in [1.54, 1.807) is 0 Å². The lowest BCUT2D eigenvalue weighted by Gasteiger charge is -2.35. The Bertz CT molecular complexity index is 646. The zero-order valence-electron chi connectivity index (χ0n) is 13.4. The zero-order valence-corrected chi connectivity index (χ0v) is 14.3. The van der Waals surface area contributed by atoms with Crippen LogP contribution in [0.15, 0.2) is 36.5 Å². The molecule has 1 saturated heterocycles. The van der Waals surface area contributed by atoms with E-state index in [4.69, 9.17) is 0 Å². The third kappa shape index (κ3) is 3.35. The molecule has 1 aromatic carbocycles. The number of benzene rings is 1. The molecule has 0 unspecified atom stereocenters. The summed E-state index contributed by atoms with van der Waals surface area (Å²) in [7, 11) is 0. The second-order valence-electron chi connectivity index (χ2n) is 7.19. The molecule has 1 saturated carbocycles. The van der Waals surface area contributed by atoms with Crippen molar-refractivity contribution in [2.24, 2.45) is 5.41 Å². The Morgan fingerprint density at radius 3 is 2.74 bits per heavy atom. The first-order chi connectivity index (χ1) is 11.2. The molecule has 1 aromatic heterocycles. The Morgan fingerprint density at radius 1 is 1.17 bits per heavy atom. The number of hydrogen-bond acceptors (Lipinski definition) is 4. The van der Waals surface area contributed by atoms with Crippen molar-refractivity contribution >= 4 is 11.3 Å². The minimum Gasteiger partial charge on any atom is -0.393 e. The summed E-state index contributed by atoms with van der Waals surface area (Å²) in [5.74, 6) is 0. The summed E-state index contributed by atoms with van der Waals surface area (Å²) in [6.45, 7) is 3.40. The lowest BCUT2D eigenvalue weighted by atomic mass is 9.73. The van der Waals surface area contributed by atoms with Crippen LogP contribution in [0.25, 0.3) is 10.6 Å². The number of hydrogen-bond donors (Lipinski definition) is 1. The first-order valence-corrected chi connectivity index (χ1v) is 9.45. The van der Waals surface area contributed by atoms with Gasteiger partial charge in [0.2, 0.25) is 0 Å². The first kappa shape index (κ1) is 15.3. The third-order valence-electron chi connectivity index (χ3n) is 5.49. The average molecular weight is 328 g/mol. The van der Waals surface area contributed by atoms with E-state index in [0.29, 0.717) is 5.41 Å². The topological polar surface area (TPSA) is 36.4 Å². The van der Waals surface area contributed by atoms with Crippen LogP contribution in [0.2, 0.25) is 0 Å². The quantitative estimate of drug-likeness (QED) is 0.927. The second kappa shape index (κ2) is 6.34. The van der Waals surface area contributed by atoms with Gasteiger partial charge in [0, 0.05) is 29.7 Å². The number of aliphatic hydroxyl groups excluding tert-OH is 1. The van der Waals surface area contributed by atoms with E-state index in [1.807, 2.05) is 23.6 Å². The van der Waals surface area contributed by atoms with Crippen molar-refractivity contribution in [2.75, 3.05) is 13.1 Å². The molecule has 4 heteroatoms. The summed E-state index contributed by atoms with van der Waals surface area (Å²) in [4.78, 5) is 8.54. The molecule has 122 valence electrons. The largest absolute Gasteiger partial charge is 0.393 e. The average Bonchev–Trinajstić information content (AvgIpc) is 3.20. The van der Waals surface area contributed by atoms with Gasteiger partial charge in [-0.15, -0.1) is 11.3 Å². The molecular weight excluding hydrogens is 304 g/mol. The van der Waals surface area contributed by atoms with E-state index >= 15 is 0 Å². The van der Waals surface area contributed by atoms with E-state index in [1.165, 1.54) is 42.8 Å². The van der Waals surface area contributed by atoms with Crippen molar-refractivity contribution in [1.29, 1.82) is 0 Å². The maximum atomic E-state index is 9.74. The molecule has 2 heterocycles. The lowest BCUT2D eigenvalue weighted by molar-refractivity contribution is 0.0657. The molecule has 2 aromatic rings. The number of nitrogens with zero attached hydrogens (tertiary/aromatic N) is 2. The second-order valence-corrected chi connectivity index (χ2v) is 8.30. The Labute approximate surface area is 142 Å². The van der Waals surface area contributed by atoms with Crippen LogP contribution in [0.5, 0.6) is 0 Å². The highest BCUT2D eigenvalue weighted by molar-refractivity contribution is 7.15. The highest BCUT2D eigenvalue weighted by atomic mass is 32.1. The highest BCUT2D eigenvalue weighted by Gasteiger charge is 2.40. The van der Waals surface area contributed by atoms with Crippen molar-refractivity contribution in [3.05, 3.63) is 41.4 Å². The fourth-order valence-electron chi connectivity index (χ4n) is 4.10. The van der Waals surface area contributed by atoms with Gasteiger partial charge in [0.15, 0.2) is 0 Å². The fraction of sp³-hybridized carbons (Fsp3) is 0.526. The Balaban J connectivity index is 1.39. The molecule has 1 spiro atoms. The van der Waals surface area contributed by atoms with Gasteiger partial charge in [0.1, 0.15) is 5.01 Å². The number of rotatable bonds is 3. The number of aromatic nitrogens is 1. The summed E-state index contributed by atoms with van der Waals surface area (Å²) >= 11 is 1.82. The summed E-state index contributed by atoms with van der Waals surface area (Å²) in [6, 6.07) is 10.4. The van der Waals surface area contributed by atoms with Crippen molar-refractivity contribution < 1.29 is 5.11 Å². The highest BCUT2D eigenvalue weighted by Crippen LogP contribution is 2.44. The van der Waals surface area contributed by atoms with E-state index < -0.39 is 0 Å². The Kier molecular flexibility index (Phi) is 4.22. The van der Waals surface area contributed by atoms with Crippen LogP contribution >= 0.6 is 11.3 Å². The maximum Gasteiger partial charge on any atom is 0.123 e. The standard InChI is InChI=1S/C19H24N2OS/c22-16-6-8-19(9-7-16)10-11-21(14-19)13-17-12-20-18(23-17)15-4-2-1-3-5-15/h1-5,12,16,22H,6-11,13-14H2. The zero-order chi connectivity index (χ0) is 15.7. The molecule has 0 radical (unpaired) electrons. The van der Waals surface area contributed by atoms with Gasteiger partial charge in [-0.2, -0.15) is 0 Å².